The Morgan fingerprint density at radius 1 is 1.19 bits per heavy atom. The maximum Gasteiger partial charge on any atom is 0.351 e. The van der Waals surface area contributed by atoms with Crippen LogP contribution in [0.3, 0.4) is 0 Å². The topological polar surface area (TPSA) is 101 Å². The summed E-state index contributed by atoms with van der Waals surface area (Å²) in [6.45, 7) is 0.155. The molecule has 0 atom stereocenters. The van der Waals surface area contributed by atoms with Gasteiger partial charge in [0.15, 0.2) is 11.6 Å². The number of nitrogens with two attached hydrogens (primary N) is 1. The summed E-state index contributed by atoms with van der Waals surface area (Å²) in [6.07, 6.45) is 5.06. The zero-order chi connectivity index (χ0) is 22.6. The van der Waals surface area contributed by atoms with Crippen LogP contribution >= 0.6 is 30.8 Å². The normalized spacial score (nSPS) is 11.6. The number of benzene rings is 1. The molecule has 3 rings (SSSR count). The largest absolute Gasteiger partial charge is 0.489 e. The van der Waals surface area contributed by atoms with Crippen LogP contribution in [0, 0.1) is 5.82 Å². The van der Waals surface area contributed by atoms with Crippen LogP contribution in [0.2, 0.25) is 10.0 Å². The molecule has 12 heteroatoms. The standard InChI is InChI=1S/C19H20Cl2FN4O4P/c1-28-31(27,29-2)11-26-10-13(9-25-26)12-7-17(19(23)24-8-12)30-6-5-14-15(20)3-4-16(22)18(14)21/h3-4,7-10H,5-6,11H2,1-2H3,(H2,23,24). The molecule has 0 saturated carbocycles. The van der Waals surface area contributed by atoms with Gasteiger partial charge in [0.25, 0.3) is 0 Å². The number of pyridine rings is 1. The maximum absolute atomic E-state index is 13.7. The predicted octanol–water partition coefficient (Wildman–Crippen LogP) is 5.04. The van der Waals surface area contributed by atoms with E-state index >= 15 is 0 Å². The number of hydrogen-bond donors (Lipinski definition) is 1. The first-order valence-electron chi connectivity index (χ1n) is 9.00. The second-order valence-corrected chi connectivity index (χ2v) is 9.43. The average molecular weight is 489 g/mol. The Labute approximate surface area is 188 Å². The fraction of sp³-hybridized carbons (Fsp3) is 0.263. The van der Waals surface area contributed by atoms with Crippen LogP contribution in [0.25, 0.3) is 11.1 Å². The van der Waals surface area contributed by atoms with Gasteiger partial charge in [0.1, 0.15) is 12.1 Å². The fourth-order valence-electron chi connectivity index (χ4n) is 2.75. The summed E-state index contributed by atoms with van der Waals surface area (Å²) in [5, 5.41) is 4.49. The minimum absolute atomic E-state index is 0.0345. The SMILES string of the molecule is COP(=O)(Cn1cc(-c2cnc(N)c(OCCc3c(Cl)ccc(F)c3Cl)c2)cn1)OC. The van der Waals surface area contributed by atoms with Crippen LogP contribution in [0.4, 0.5) is 10.2 Å². The molecule has 0 saturated heterocycles. The number of halogens is 3. The van der Waals surface area contributed by atoms with Gasteiger partial charge >= 0.3 is 7.60 Å². The average Bonchev–Trinajstić information content (AvgIpc) is 3.22. The van der Waals surface area contributed by atoms with Gasteiger partial charge in [-0.05, 0) is 23.8 Å². The third kappa shape index (κ3) is 5.56. The molecule has 0 aliphatic rings. The Hall–Kier alpha value is -2.16. The van der Waals surface area contributed by atoms with Crippen molar-refractivity contribution in [2.45, 2.75) is 12.7 Å². The minimum atomic E-state index is -3.26. The summed E-state index contributed by atoms with van der Waals surface area (Å²) in [5.74, 6) is -0.0167. The predicted molar refractivity (Wildman–Crippen MR) is 117 cm³/mol. The first kappa shape index (κ1) is 23.5. The lowest BCUT2D eigenvalue weighted by Gasteiger charge is -2.13. The molecule has 3 aromatic rings. The summed E-state index contributed by atoms with van der Waals surface area (Å²) in [6, 6.07) is 4.35. The van der Waals surface area contributed by atoms with E-state index in [1.807, 2.05) is 0 Å². The first-order valence-corrected chi connectivity index (χ1v) is 11.5. The molecule has 0 amide bonds. The van der Waals surface area contributed by atoms with Crippen molar-refractivity contribution < 1.29 is 22.7 Å². The van der Waals surface area contributed by atoms with Crippen molar-refractivity contribution in [1.82, 2.24) is 14.8 Å². The van der Waals surface area contributed by atoms with Crippen LogP contribution < -0.4 is 10.5 Å². The molecule has 2 aromatic heterocycles. The molecule has 2 heterocycles. The van der Waals surface area contributed by atoms with Crippen molar-refractivity contribution >= 4 is 36.6 Å². The molecule has 2 N–H and O–H groups in total. The molecule has 0 aliphatic heterocycles. The molecule has 166 valence electrons. The minimum Gasteiger partial charge on any atom is -0.489 e. The Bertz CT molecular complexity index is 1120. The van der Waals surface area contributed by atoms with E-state index in [1.165, 1.54) is 31.0 Å². The van der Waals surface area contributed by atoms with Crippen molar-refractivity contribution in [2.24, 2.45) is 0 Å². The van der Waals surface area contributed by atoms with Gasteiger partial charge < -0.3 is 19.5 Å². The van der Waals surface area contributed by atoms with E-state index in [2.05, 4.69) is 10.1 Å². The first-order chi connectivity index (χ1) is 14.8. The highest BCUT2D eigenvalue weighted by molar-refractivity contribution is 7.52. The highest BCUT2D eigenvalue weighted by Crippen LogP contribution is 2.47. The molecular formula is C19H20Cl2FN4O4P. The highest BCUT2D eigenvalue weighted by Gasteiger charge is 2.22. The van der Waals surface area contributed by atoms with Crippen LogP contribution in [0.15, 0.2) is 36.8 Å². The Kier molecular flexibility index (Phi) is 7.56. The van der Waals surface area contributed by atoms with Crippen LogP contribution in [-0.4, -0.2) is 35.6 Å². The summed E-state index contributed by atoms with van der Waals surface area (Å²) in [4.78, 5) is 4.15. The van der Waals surface area contributed by atoms with Gasteiger partial charge in [0.05, 0.1) is 17.8 Å². The van der Waals surface area contributed by atoms with Crippen LogP contribution in [0.1, 0.15) is 5.56 Å². The van der Waals surface area contributed by atoms with Gasteiger partial charge in [0, 0.05) is 49.2 Å². The van der Waals surface area contributed by atoms with Crippen LogP contribution in [-0.2, 0) is 26.3 Å². The summed E-state index contributed by atoms with van der Waals surface area (Å²) in [5.41, 5.74) is 7.75. The number of anilines is 1. The van der Waals surface area contributed by atoms with E-state index < -0.39 is 13.4 Å². The van der Waals surface area contributed by atoms with Gasteiger partial charge in [-0.2, -0.15) is 5.10 Å². The lowest BCUT2D eigenvalue weighted by Crippen LogP contribution is -2.06. The lowest BCUT2D eigenvalue weighted by atomic mass is 10.1. The summed E-state index contributed by atoms with van der Waals surface area (Å²) >= 11 is 12.1. The van der Waals surface area contributed by atoms with E-state index in [9.17, 15) is 8.96 Å². The molecule has 0 fully saturated rings. The Morgan fingerprint density at radius 2 is 1.94 bits per heavy atom. The van der Waals surface area contributed by atoms with E-state index in [0.29, 0.717) is 27.5 Å². The third-order valence-corrected chi connectivity index (χ3v) is 6.98. The van der Waals surface area contributed by atoms with Crippen molar-refractivity contribution in [3.8, 4) is 16.9 Å². The molecule has 0 unspecified atom stereocenters. The number of ether oxygens (including phenoxy) is 1. The molecule has 0 spiro atoms. The van der Waals surface area contributed by atoms with Gasteiger partial charge in [-0.15, -0.1) is 0 Å². The summed E-state index contributed by atoms with van der Waals surface area (Å²) in [7, 11) is -0.639. The number of hydrogen-bond acceptors (Lipinski definition) is 7. The van der Waals surface area contributed by atoms with Crippen molar-refractivity contribution in [2.75, 3.05) is 26.6 Å². The van der Waals surface area contributed by atoms with Gasteiger partial charge in [-0.1, -0.05) is 23.2 Å². The molecule has 0 bridgehead atoms. The monoisotopic (exact) mass is 488 g/mol. The van der Waals surface area contributed by atoms with Crippen molar-refractivity contribution in [3.63, 3.8) is 0 Å². The zero-order valence-electron chi connectivity index (χ0n) is 16.7. The number of rotatable bonds is 9. The highest BCUT2D eigenvalue weighted by atomic mass is 35.5. The molecule has 1 aromatic carbocycles. The third-order valence-electron chi connectivity index (χ3n) is 4.47. The van der Waals surface area contributed by atoms with Gasteiger partial charge in [0.2, 0.25) is 0 Å². The number of aromatic nitrogens is 3. The molecule has 8 nitrogen and oxygen atoms in total. The van der Waals surface area contributed by atoms with E-state index in [4.69, 9.17) is 42.7 Å². The second-order valence-electron chi connectivity index (χ2n) is 6.41. The quantitative estimate of drug-likeness (QED) is 0.332. The zero-order valence-corrected chi connectivity index (χ0v) is 19.1. The summed E-state index contributed by atoms with van der Waals surface area (Å²) < 4.78 is 43.0. The number of nitrogens with zero attached hydrogens (tertiary/aromatic N) is 3. The van der Waals surface area contributed by atoms with E-state index in [1.54, 1.807) is 24.7 Å². The van der Waals surface area contributed by atoms with Crippen molar-refractivity contribution in [3.05, 3.63) is 58.2 Å². The van der Waals surface area contributed by atoms with Gasteiger partial charge in [-0.3, -0.25) is 9.25 Å². The maximum atomic E-state index is 13.7. The fourth-order valence-corrected chi connectivity index (χ4v) is 4.20. The Balaban J connectivity index is 1.73. The van der Waals surface area contributed by atoms with E-state index in [0.717, 1.165) is 0 Å². The molecule has 0 aliphatic carbocycles. The van der Waals surface area contributed by atoms with Gasteiger partial charge in [-0.25, -0.2) is 9.37 Å². The molecular weight excluding hydrogens is 469 g/mol. The molecule has 31 heavy (non-hydrogen) atoms. The smallest absolute Gasteiger partial charge is 0.351 e. The second kappa shape index (κ2) is 9.97. The van der Waals surface area contributed by atoms with Crippen molar-refractivity contribution in [1.29, 1.82) is 0 Å². The molecule has 0 radical (unpaired) electrons. The van der Waals surface area contributed by atoms with Crippen LogP contribution in [0.5, 0.6) is 5.75 Å². The van der Waals surface area contributed by atoms with E-state index in [-0.39, 0.29) is 30.2 Å². The Morgan fingerprint density at radius 3 is 2.65 bits per heavy atom. The number of nitrogen functional groups attached to an aromatic ring is 1. The lowest BCUT2D eigenvalue weighted by molar-refractivity contribution is 0.267.